The SMILES string of the molecule is COCCN(CC(C)C)C(N)=NC(C)C. The fourth-order valence-electron chi connectivity index (χ4n) is 1.29. The molecule has 0 aliphatic carbocycles. The number of nitrogens with two attached hydrogens (primary N) is 1. The highest BCUT2D eigenvalue weighted by molar-refractivity contribution is 5.78. The second-order valence-electron chi connectivity index (χ2n) is 4.41. The van der Waals surface area contributed by atoms with E-state index in [-0.39, 0.29) is 6.04 Å². The highest BCUT2D eigenvalue weighted by atomic mass is 16.5. The lowest BCUT2D eigenvalue weighted by Crippen LogP contribution is -2.42. The van der Waals surface area contributed by atoms with Crippen LogP contribution < -0.4 is 5.73 Å². The molecular weight excluding hydrogens is 190 g/mol. The van der Waals surface area contributed by atoms with Crippen molar-refractivity contribution in [3.63, 3.8) is 0 Å². The van der Waals surface area contributed by atoms with Crippen LogP contribution in [0.1, 0.15) is 27.7 Å². The Bertz CT molecular complexity index is 190. The highest BCUT2D eigenvalue weighted by Crippen LogP contribution is 1.99. The number of aliphatic imine (C=N–C) groups is 1. The predicted octanol–water partition coefficient (Wildman–Crippen LogP) is 1.31. The zero-order valence-corrected chi connectivity index (χ0v) is 10.7. The van der Waals surface area contributed by atoms with Crippen LogP contribution in [0, 0.1) is 5.92 Å². The van der Waals surface area contributed by atoms with E-state index in [0.29, 0.717) is 18.5 Å². The first-order valence-electron chi connectivity index (χ1n) is 5.54. The van der Waals surface area contributed by atoms with Gasteiger partial charge >= 0.3 is 0 Å². The molecule has 0 aromatic carbocycles. The zero-order chi connectivity index (χ0) is 11.8. The first kappa shape index (κ1) is 14.2. The van der Waals surface area contributed by atoms with Crippen LogP contribution in [0.5, 0.6) is 0 Å². The van der Waals surface area contributed by atoms with Crippen molar-refractivity contribution in [1.82, 2.24) is 4.90 Å². The Morgan fingerprint density at radius 1 is 1.33 bits per heavy atom. The van der Waals surface area contributed by atoms with Gasteiger partial charge in [0.1, 0.15) is 0 Å². The summed E-state index contributed by atoms with van der Waals surface area (Å²) in [4.78, 5) is 6.43. The van der Waals surface area contributed by atoms with Gasteiger partial charge in [0.25, 0.3) is 0 Å². The molecule has 0 rings (SSSR count). The summed E-state index contributed by atoms with van der Waals surface area (Å²) >= 11 is 0. The lowest BCUT2D eigenvalue weighted by atomic mass is 10.2. The van der Waals surface area contributed by atoms with Crippen molar-refractivity contribution in [3.8, 4) is 0 Å². The van der Waals surface area contributed by atoms with Crippen LogP contribution in [0.3, 0.4) is 0 Å². The molecule has 0 amide bonds. The summed E-state index contributed by atoms with van der Waals surface area (Å²) < 4.78 is 5.06. The molecule has 0 aromatic heterocycles. The first-order chi connectivity index (χ1) is 6.97. The second-order valence-corrected chi connectivity index (χ2v) is 4.41. The molecule has 4 nitrogen and oxygen atoms in total. The van der Waals surface area contributed by atoms with E-state index in [0.717, 1.165) is 13.1 Å². The number of rotatable bonds is 6. The van der Waals surface area contributed by atoms with E-state index in [4.69, 9.17) is 10.5 Å². The van der Waals surface area contributed by atoms with E-state index >= 15 is 0 Å². The van der Waals surface area contributed by atoms with Crippen LogP contribution in [0.25, 0.3) is 0 Å². The van der Waals surface area contributed by atoms with Crippen molar-refractivity contribution in [2.45, 2.75) is 33.7 Å². The lowest BCUT2D eigenvalue weighted by Gasteiger charge is -2.25. The van der Waals surface area contributed by atoms with E-state index in [1.165, 1.54) is 0 Å². The molecule has 2 N–H and O–H groups in total. The molecule has 0 aliphatic heterocycles. The van der Waals surface area contributed by atoms with Gasteiger partial charge in [-0.05, 0) is 19.8 Å². The molecule has 0 unspecified atom stereocenters. The summed E-state index contributed by atoms with van der Waals surface area (Å²) in [5, 5.41) is 0. The van der Waals surface area contributed by atoms with Gasteiger partial charge in [-0.3, -0.25) is 4.99 Å². The van der Waals surface area contributed by atoms with Crippen molar-refractivity contribution in [1.29, 1.82) is 0 Å². The molecule has 0 saturated carbocycles. The normalized spacial score (nSPS) is 12.6. The monoisotopic (exact) mass is 215 g/mol. The average Bonchev–Trinajstić information content (AvgIpc) is 2.10. The van der Waals surface area contributed by atoms with Crippen LogP contribution in [0.15, 0.2) is 4.99 Å². The maximum absolute atomic E-state index is 5.93. The van der Waals surface area contributed by atoms with Gasteiger partial charge in [0.05, 0.1) is 6.61 Å². The Kier molecular flexibility index (Phi) is 7.13. The first-order valence-corrected chi connectivity index (χ1v) is 5.54. The number of nitrogens with zero attached hydrogens (tertiary/aromatic N) is 2. The third-order valence-corrected chi connectivity index (χ3v) is 1.87. The van der Waals surface area contributed by atoms with Gasteiger partial charge < -0.3 is 15.4 Å². The van der Waals surface area contributed by atoms with Crippen molar-refractivity contribution < 1.29 is 4.74 Å². The smallest absolute Gasteiger partial charge is 0.191 e. The second kappa shape index (κ2) is 7.51. The van der Waals surface area contributed by atoms with Crippen LogP contribution >= 0.6 is 0 Å². The molecule has 15 heavy (non-hydrogen) atoms. The number of guanidine groups is 1. The van der Waals surface area contributed by atoms with Crippen LogP contribution in [-0.4, -0.2) is 43.7 Å². The molecule has 0 atom stereocenters. The molecule has 0 heterocycles. The maximum Gasteiger partial charge on any atom is 0.191 e. The van der Waals surface area contributed by atoms with E-state index in [1.807, 2.05) is 13.8 Å². The fraction of sp³-hybridized carbons (Fsp3) is 0.909. The topological polar surface area (TPSA) is 50.9 Å². The Morgan fingerprint density at radius 3 is 2.33 bits per heavy atom. The van der Waals surface area contributed by atoms with Gasteiger partial charge in [-0.2, -0.15) is 0 Å². The van der Waals surface area contributed by atoms with E-state index < -0.39 is 0 Å². The molecule has 0 bridgehead atoms. The lowest BCUT2D eigenvalue weighted by molar-refractivity contribution is 0.171. The number of methoxy groups -OCH3 is 1. The van der Waals surface area contributed by atoms with E-state index in [1.54, 1.807) is 7.11 Å². The zero-order valence-electron chi connectivity index (χ0n) is 10.7. The fourth-order valence-corrected chi connectivity index (χ4v) is 1.29. The molecule has 0 fully saturated rings. The van der Waals surface area contributed by atoms with Crippen LogP contribution in [0.4, 0.5) is 0 Å². The third-order valence-electron chi connectivity index (χ3n) is 1.87. The molecule has 90 valence electrons. The average molecular weight is 215 g/mol. The standard InChI is InChI=1S/C11H25N3O/c1-9(2)8-14(6-7-15-5)11(12)13-10(3)4/h9-10H,6-8H2,1-5H3,(H2,12,13). The molecule has 4 heteroatoms. The predicted molar refractivity (Wildman–Crippen MR) is 65.0 cm³/mol. The van der Waals surface area contributed by atoms with Gasteiger partial charge in [0.15, 0.2) is 5.96 Å². The largest absolute Gasteiger partial charge is 0.383 e. The minimum atomic E-state index is 0.238. The van der Waals surface area contributed by atoms with Gasteiger partial charge in [0.2, 0.25) is 0 Å². The van der Waals surface area contributed by atoms with E-state index in [9.17, 15) is 0 Å². The Labute approximate surface area is 93.5 Å². The van der Waals surface area contributed by atoms with Gasteiger partial charge in [-0.15, -0.1) is 0 Å². The highest BCUT2D eigenvalue weighted by Gasteiger charge is 2.09. The summed E-state index contributed by atoms with van der Waals surface area (Å²) in [5.74, 6) is 1.19. The number of hydrogen-bond acceptors (Lipinski definition) is 2. The summed E-state index contributed by atoms with van der Waals surface area (Å²) in [5.41, 5.74) is 5.93. The van der Waals surface area contributed by atoms with Gasteiger partial charge in [-0.1, -0.05) is 13.8 Å². The summed E-state index contributed by atoms with van der Waals surface area (Å²) in [7, 11) is 1.70. The molecule has 0 radical (unpaired) electrons. The maximum atomic E-state index is 5.93. The van der Waals surface area contributed by atoms with Gasteiger partial charge in [-0.25, -0.2) is 0 Å². The molecule has 0 saturated heterocycles. The third kappa shape index (κ3) is 7.19. The number of hydrogen-bond donors (Lipinski definition) is 1. The Balaban J connectivity index is 4.32. The molecule has 0 spiro atoms. The summed E-state index contributed by atoms with van der Waals surface area (Å²) in [6.07, 6.45) is 0. The van der Waals surface area contributed by atoms with Gasteiger partial charge in [0, 0.05) is 26.2 Å². The number of ether oxygens (including phenoxy) is 1. The van der Waals surface area contributed by atoms with Crippen LogP contribution in [0.2, 0.25) is 0 Å². The van der Waals surface area contributed by atoms with Crippen molar-refractivity contribution in [3.05, 3.63) is 0 Å². The van der Waals surface area contributed by atoms with E-state index in [2.05, 4.69) is 23.7 Å². The Hall–Kier alpha value is -0.770. The summed E-state index contributed by atoms with van der Waals surface area (Å²) in [6.45, 7) is 10.8. The summed E-state index contributed by atoms with van der Waals surface area (Å²) in [6, 6.07) is 0.238. The molecular formula is C11H25N3O. The quantitative estimate of drug-likeness (QED) is 0.537. The van der Waals surface area contributed by atoms with Crippen molar-refractivity contribution in [2.75, 3.05) is 26.8 Å². The Morgan fingerprint density at radius 2 is 1.93 bits per heavy atom. The van der Waals surface area contributed by atoms with Crippen molar-refractivity contribution in [2.24, 2.45) is 16.6 Å². The minimum absolute atomic E-state index is 0.238. The minimum Gasteiger partial charge on any atom is -0.383 e. The molecule has 0 aromatic rings. The van der Waals surface area contributed by atoms with Crippen molar-refractivity contribution >= 4 is 5.96 Å². The molecule has 0 aliphatic rings. The van der Waals surface area contributed by atoms with Crippen LogP contribution in [-0.2, 0) is 4.74 Å².